The molecule has 1 aromatic heterocycles. The third-order valence-electron chi connectivity index (χ3n) is 3.25. The normalized spacial score (nSPS) is 18.0. The Hall–Kier alpha value is -1.41. The van der Waals surface area contributed by atoms with E-state index in [2.05, 4.69) is 10.1 Å². The molecular weight excluding hydrogens is 347 g/mol. The Kier molecular flexibility index (Phi) is 6.62. The summed E-state index contributed by atoms with van der Waals surface area (Å²) < 4.78 is 30.5. The molecule has 1 atom stereocenters. The van der Waals surface area contributed by atoms with Crippen LogP contribution in [0.15, 0.2) is 18.3 Å². The largest absolute Gasteiger partial charge is 0.507 e. The zero-order valence-electron chi connectivity index (χ0n) is 15.3. The molecule has 0 aromatic carbocycles. The summed E-state index contributed by atoms with van der Waals surface area (Å²) in [5.41, 5.74) is 0. The van der Waals surface area contributed by atoms with Gasteiger partial charge in [-0.1, -0.05) is 27.7 Å². The van der Waals surface area contributed by atoms with E-state index < -0.39 is 14.0 Å². The highest BCUT2D eigenvalue weighted by atomic mass is 31.2. The molecule has 0 fully saturated rings. The average Bonchev–Trinajstić information content (AvgIpc) is 2.93. The van der Waals surface area contributed by atoms with E-state index >= 15 is 0 Å². The highest BCUT2D eigenvalue weighted by molar-refractivity contribution is 7.48. The SMILES string of the molecule is Cc1ncn([C@@H]2C(O)=CN2COP(=O)(OCC(C)C)OCC(C)C)n1. The van der Waals surface area contributed by atoms with Gasteiger partial charge in [0.15, 0.2) is 11.9 Å². The Labute approximate surface area is 148 Å². The number of hydrogen-bond acceptors (Lipinski definition) is 8. The van der Waals surface area contributed by atoms with Crippen LogP contribution in [0.25, 0.3) is 0 Å². The summed E-state index contributed by atoms with van der Waals surface area (Å²) in [5, 5.41) is 14.0. The van der Waals surface area contributed by atoms with Crippen LogP contribution in [0, 0.1) is 18.8 Å². The molecule has 1 aliphatic rings. The lowest BCUT2D eigenvalue weighted by Gasteiger charge is -2.37. The van der Waals surface area contributed by atoms with E-state index in [4.69, 9.17) is 13.6 Å². The number of rotatable bonds is 10. The van der Waals surface area contributed by atoms with E-state index in [-0.39, 0.29) is 37.5 Å². The molecule has 0 radical (unpaired) electrons. The highest BCUT2D eigenvalue weighted by Crippen LogP contribution is 2.51. The van der Waals surface area contributed by atoms with Gasteiger partial charge < -0.3 is 10.0 Å². The first-order valence-corrected chi connectivity index (χ1v) is 9.74. The van der Waals surface area contributed by atoms with Gasteiger partial charge in [0.1, 0.15) is 18.9 Å². The minimum atomic E-state index is -3.69. The van der Waals surface area contributed by atoms with E-state index in [1.54, 1.807) is 11.8 Å². The quantitative estimate of drug-likeness (QED) is 0.623. The molecule has 0 saturated carbocycles. The lowest BCUT2D eigenvalue weighted by Crippen LogP contribution is -2.39. The predicted octanol–water partition coefficient (Wildman–Crippen LogP) is 3.23. The zero-order chi connectivity index (χ0) is 18.6. The summed E-state index contributed by atoms with van der Waals surface area (Å²) in [6.07, 6.45) is 2.46. The molecule has 0 saturated heterocycles. The molecule has 0 aliphatic carbocycles. The van der Waals surface area contributed by atoms with Gasteiger partial charge in [0, 0.05) is 6.20 Å². The van der Waals surface area contributed by atoms with Crippen LogP contribution in [-0.4, -0.2) is 44.7 Å². The van der Waals surface area contributed by atoms with Crippen molar-refractivity contribution in [3.05, 3.63) is 24.1 Å². The van der Waals surface area contributed by atoms with Crippen LogP contribution in [0.3, 0.4) is 0 Å². The molecule has 25 heavy (non-hydrogen) atoms. The Morgan fingerprint density at radius 1 is 1.20 bits per heavy atom. The summed E-state index contributed by atoms with van der Waals surface area (Å²) in [4.78, 5) is 5.67. The van der Waals surface area contributed by atoms with Gasteiger partial charge in [-0.05, 0) is 18.8 Å². The smallest absolute Gasteiger partial charge is 0.476 e. The summed E-state index contributed by atoms with van der Waals surface area (Å²) in [5.74, 6) is 1.10. The maximum Gasteiger partial charge on any atom is 0.476 e. The Bertz CT molecular complexity index is 630. The second-order valence-electron chi connectivity index (χ2n) is 6.80. The maximum atomic E-state index is 12.8. The predicted molar refractivity (Wildman–Crippen MR) is 91.5 cm³/mol. The first kappa shape index (κ1) is 19.9. The van der Waals surface area contributed by atoms with Gasteiger partial charge in [-0.2, -0.15) is 5.10 Å². The van der Waals surface area contributed by atoms with Crippen molar-refractivity contribution in [3.8, 4) is 0 Å². The van der Waals surface area contributed by atoms with Crippen LogP contribution >= 0.6 is 7.82 Å². The van der Waals surface area contributed by atoms with Gasteiger partial charge in [-0.3, -0.25) is 13.6 Å². The fourth-order valence-corrected chi connectivity index (χ4v) is 3.46. The summed E-state index contributed by atoms with van der Waals surface area (Å²) in [6.45, 7) is 10.0. The molecular formula is C15H27N4O5P. The minimum absolute atomic E-state index is 0.0684. The molecule has 0 amide bonds. The second-order valence-corrected chi connectivity index (χ2v) is 8.47. The first-order chi connectivity index (χ1) is 11.7. The summed E-state index contributed by atoms with van der Waals surface area (Å²) in [7, 11) is -3.69. The fraction of sp³-hybridized carbons (Fsp3) is 0.733. The molecule has 1 N–H and O–H groups in total. The lowest BCUT2D eigenvalue weighted by atomic mass is 10.2. The van der Waals surface area contributed by atoms with Crippen molar-refractivity contribution in [1.29, 1.82) is 0 Å². The van der Waals surface area contributed by atoms with Crippen molar-refractivity contribution >= 4 is 7.82 Å². The molecule has 1 aromatic rings. The molecule has 9 nitrogen and oxygen atoms in total. The van der Waals surface area contributed by atoms with E-state index in [0.29, 0.717) is 5.82 Å². The van der Waals surface area contributed by atoms with Gasteiger partial charge in [0.25, 0.3) is 0 Å². The van der Waals surface area contributed by atoms with E-state index in [1.807, 2.05) is 27.7 Å². The minimum Gasteiger partial charge on any atom is -0.507 e. The van der Waals surface area contributed by atoms with E-state index in [9.17, 15) is 9.67 Å². The van der Waals surface area contributed by atoms with Crippen molar-refractivity contribution in [3.63, 3.8) is 0 Å². The molecule has 142 valence electrons. The van der Waals surface area contributed by atoms with Crippen molar-refractivity contribution in [2.45, 2.75) is 40.8 Å². The van der Waals surface area contributed by atoms with Gasteiger partial charge in [0.05, 0.1) is 13.2 Å². The number of hydrogen-bond donors (Lipinski definition) is 1. The third-order valence-corrected chi connectivity index (χ3v) is 4.61. The zero-order valence-corrected chi connectivity index (χ0v) is 16.2. The van der Waals surface area contributed by atoms with Crippen LogP contribution in [0.5, 0.6) is 0 Å². The first-order valence-electron chi connectivity index (χ1n) is 8.28. The number of phosphoric ester groups is 1. The van der Waals surface area contributed by atoms with Crippen molar-refractivity contribution < 1.29 is 23.2 Å². The highest BCUT2D eigenvalue weighted by Gasteiger charge is 2.36. The Balaban J connectivity index is 1.98. The maximum absolute atomic E-state index is 12.8. The number of phosphoric acid groups is 1. The van der Waals surface area contributed by atoms with E-state index in [1.165, 1.54) is 17.2 Å². The molecule has 2 rings (SSSR count). The molecule has 2 heterocycles. The standard InChI is InChI=1S/C15H27N4O5P/c1-11(2)7-22-25(21,23-8-12(3)4)24-10-18-6-14(20)15(18)19-9-16-13(5)17-19/h6,9,11-12,15,20H,7-8,10H2,1-5H3/t15-/m1/s1. The monoisotopic (exact) mass is 374 g/mol. The number of aliphatic hydroxyl groups is 1. The molecule has 0 spiro atoms. The number of nitrogens with zero attached hydrogens (tertiary/aromatic N) is 4. The fourth-order valence-electron chi connectivity index (χ4n) is 2.00. The molecule has 10 heteroatoms. The second kappa shape index (κ2) is 8.31. The summed E-state index contributed by atoms with van der Waals surface area (Å²) in [6, 6.07) is 0. The average molecular weight is 374 g/mol. The van der Waals surface area contributed by atoms with Crippen molar-refractivity contribution in [2.75, 3.05) is 19.9 Å². The van der Waals surface area contributed by atoms with Crippen molar-refractivity contribution in [1.82, 2.24) is 19.7 Å². The molecule has 0 unspecified atom stereocenters. The van der Waals surface area contributed by atoms with Gasteiger partial charge in [-0.25, -0.2) is 14.2 Å². The van der Waals surface area contributed by atoms with Gasteiger partial charge >= 0.3 is 7.82 Å². The Morgan fingerprint density at radius 3 is 2.24 bits per heavy atom. The van der Waals surface area contributed by atoms with Crippen LogP contribution < -0.4 is 0 Å². The molecule has 0 bridgehead atoms. The number of aliphatic hydroxyl groups excluding tert-OH is 1. The van der Waals surface area contributed by atoms with Crippen LogP contribution in [-0.2, 0) is 18.1 Å². The topological polar surface area (TPSA) is 98.9 Å². The number of aryl methyl sites for hydroxylation is 1. The third kappa shape index (κ3) is 5.54. The number of aromatic nitrogens is 3. The molecule has 1 aliphatic heterocycles. The Morgan fingerprint density at radius 2 is 1.80 bits per heavy atom. The van der Waals surface area contributed by atoms with Crippen LogP contribution in [0.2, 0.25) is 0 Å². The van der Waals surface area contributed by atoms with Gasteiger partial charge in [-0.15, -0.1) is 0 Å². The van der Waals surface area contributed by atoms with E-state index in [0.717, 1.165) is 0 Å². The van der Waals surface area contributed by atoms with Crippen LogP contribution in [0.1, 0.15) is 39.7 Å². The lowest BCUT2D eigenvalue weighted by molar-refractivity contribution is 0.00938. The summed E-state index contributed by atoms with van der Waals surface area (Å²) >= 11 is 0. The van der Waals surface area contributed by atoms with Crippen LogP contribution in [0.4, 0.5) is 0 Å². The van der Waals surface area contributed by atoms with Crippen molar-refractivity contribution in [2.24, 2.45) is 11.8 Å². The van der Waals surface area contributed by atoms with Gasteiger partial charge in [0.2, 0.25) is 0 Å².